The molecule has 0 amide bonds. The van der Waals surface area contributed by atoms with E-state index in [4.69, 9.17) is 19.4 Å². The first-order chi connectivity index (χ1) is 15.9. The lowest BCUT2D eigenvalue weighted by atomic mass is 9.48. The fourth-order valence-electron chi connectivity index (χ4n) is 7.35. The lowest BCUT2D eigenvalue weighted by Crippen LogP contribution is -2.81. The first-order valence-electron chi connectivity index (χ1n) is 11.8. The molecule has 3 fully saturated rings. The van der Waals surface area contributed by atoms with Crippen LogP contribution in [-0.2, 0) is 21.4 Å². The first kappa shape index (κ1) is 23.7. The zero-order chi connectivity index (χ0) is 24.7. The molecule has 6 rings (SSSR count). The van der Waals surface area contributed by atoms with E-state index in [2.05, 4.69) is 13.1 Å². The molecule has 188 valence electrons. The number of rotatable bonds is 3. The van der Waals surface area contributed by atoms with Gasteiger partial charge in [-0.25, -0.2) is 0 Å². The number of likely N-dealkylation sites (tertiary alicyclic amines) is 1. The van der Waals surface area contributed by atoms with Crippen molar-refractivity contribution in [3.63, 3.8) is 0 Å². The Hall–Kier alpha value is -2.04. The molecule has 1 spiro atoms. The van der Waals surface area contributed by atoms with Crippen LogP contribution in [0.2, 0.25) is 0 Å². The number of piperidine rings is 1. The second-order valence-corrected chi connectivity index (χ2v) is 10.8. The number of aliphatic carboxylic acids is 1. The van der Waals surface area contributed by atoms with Crippen molar-refractivity contribution in [1.29, 1.82) is 0 Å². The van der Waals surface area contributed by atoms with E-state index >= 15 is 0 Å². The molecule has 0 aromatic heterocycles. The Morgan fingerprint density at radius 2 is 1.97 bits per heavy atom. The van der Waals surface area contributed by atoms with Crippen LogP contribution in [0.4, 0.5) is 13.2 Å². The summed E-state index contributed by atoms with van der Waals surface area (Å²) in [5.41, 5.74) is 1.11. The number of hydrogen-bond donors (Lipinski definition) is 2. The van der Waals surface area contributed by atoms with Gasteiger partial charge in [-0.1, -0.05) is 6.07 Å². The van der Waals surface area contributed by atoms with Crippen LogP contribution in [-0.4, -0.2) is 77.9 Å². The molecule has 7 nitrogen and oxygen atoms in total. The number of ether oxygens (including phenoxy) is 2. The molecule has 1 aromatic carbocycles. The van der Waals surface area contributed by atoms with E-state index in [1.807, 2.05) is 0 Å². The third-order valence-electron chi connectivity index (χ3n) is 8.96. The van der Waals surface area contributed by atoms with Crippen LogP contribution in [0.15, 0.2) is 12.1 Å². The Bertz CT molecular complexity index is 1010. The van der Waals surface area contributed by atoms with Crippen LogP contribution < -0.4 is 9.84 Å². The average molecular weight is 485 g/mol. The van der Waals surface area contributed by atoms with E-state index in [9.17, 15) is 23.4 Å². The van der Waals surface area contributed by atoms with Gasteiger partial charge in [0.05, 0.1) is 31.7 Å². The molecule has 2 aliphatic heterocycles. The zero-order valence-corrected chi connectivity index (χ0v) is 19.2. The van der Waals surface area contributed by atoms with Gasteiger partial charge in [0.2, 0.25) is 0 Å². The fraction of sp³-hybridized carbons (Fsp3) is 0.708. The Morgan fingerprint density at radius 3 is 2.56 bits per heavy atom. The summed E-state index contributed by atoms with van der Waals surface area (Å²) in [6, 6.07) is 4.03. The van der Waals surface area contributed by atoms with E-state index in [0.29, 0.717) is 5.75 Å². The third kappa shape index (κ3) is 3.18. The van der Waals surface area contributed by atoms with E-state index < -0.39 is 23.2 Å². The minimum absolute atomic E-state index is 0.0380. The molecule has 0 radical (unpaired) electrons. The molecular formula is C24H30F3NO6. The molecular weight excluding hydrogens is 455 g/mol. The summed E-state index contributed by atoms with van der Waals surface area (Å²) in [5.74, 6) is -1.37. The number of phenols is 1. The standard InChI is InChI=1S/C22H29NO4.C2HF3O2/c1-23(12-13-3-4-13)10-9-21-18-14-5-6-15(24)19(18)27-20(21)16(26-2)7-8-22(21,25)17(23)11-14;3-2(4,5)1(6)7/h5-6,13,16-17,20,25H,3-4,7-12H2,1-2H3;(H,6,7)/t16-,17-,20+,21-,22-,23?;/m1./s1. The lowest BCUT2D eigenvalue weighted by molar-refractivity contribution is -0.950. The molecule has 5 aliphatic rings. The third-order valence-corrected chi connectivity index (χ3v) is 8.96. The smallest absolute Gasteiger partial charge is 0.430 e. The first-order valence-corrected chi connectivity index (χ1v) is 11.8. The molecule has 1 aromatic rings. The van der Waals surface area contributed by atoms with Gasteiger partial charge >= 0.3 is 6.18 Å². The average Bonchev–Trinajstić information content (AvgIpc) is 3.49. The lowest BCUT2D eigenvalue weighted by Gasteiger charge is -2.65. The highest BCUT2D eigenvalue weighted by Gasteiger charge is 2.76. The van der Waals surface area contributed by atoms with Crippen LogP contribution in [0.5, 0.6) is 11.5 Å². The predicted molar refractivity (Wildman–Crippen MR) is 111 cm³/mol. The number of aromatic hydroxyl groups is 1. The van der Waals surface area contributed by atoms with Gasteiger partial charge in [-0.15, -0.1) is 0 Å². The highest BCUT2D eigenvalue weighted by atomic mass is 19.4. The maximum Gasteiger partial charge on any atom is 0.430 e. The minimum atomic E-state index is -5.19. The van der Waals surface area contributed by atoms with Gasteiger partial charge in [-0.2, -0.15) is 13.2 Å². The summed E-state index contributed by atoms with van der Waals surface area (Å²) in [4.78, 5) is 8.78. The monoisotopic (exact) mass is 485 g/mol. The van der Waals surface area contributed by atoms with Crippen LogP contribution in [0.25, 0.3) is 0 Å². The molecule has 34 heavy (non-hydrogen) atoms. The van der Waals surface area contributed by atoms with Crippen molar-refractivity contribution in [2.24, 2.45) is 5.92 Å². The van der Waals surface area contributed by atoms with Gasteiger partial charge in [-0.3, -0.25) is 0 Å². The molecule has 6 atom stereocenters. The number of carbonyl (C=O) groups excluding carboxylic acids is 1. The van der Waals surface area contributed by atoms with Gasteiger partial charge in [0, 0.05) is 31.4 Å². The van der Waals surface area contributed by atoms with E-state index in [0.717, 1.165) is 48.2 Å². The maximum atomic E-state index is 12.4. The van der Waals surface area contributed by atoms with Crippen LogP contribution in [0, 0.1) is 5.92 Å². The van der Waals surface area contributed by atoms with Crippen molar-refractivity contribution in [2.45, 2.75) is 74.0 Å². The summed E-state index contributed by atoms with van der Waals surface area (Å²) in [5, 5.41) is 31.7. The summed E-state index contributed by atoms with van der Waals surface area (Å²) >= 11 is 0. The number of nitrogens with zero attached hydrogens (tertiary/aromatic N) is 1. The van der Waals surface area contributed by atoms with Gasteiger partial charge < -0.3 is 34.1 Å². The number of aliphatic hydroxyl groups is 1. The second-order valence-electron chi connectivity index (χ2n) is 10.8. The number of carboxylic acids is 1. The van der Waals surface area contributed by atoms with Gasteiger partial charge in [0.25, 0.3) is 0 Å². The van der Waals surface area contributed by atoms with Crippen LogP contribution in [0.1, 0.15) is 43.2 Å². The Labute approximate surface area is 195 Å². The van der Waals surface area contributed by atoms with Crippen LogP contribution >= 0.6 is 0 Å². The van der Waals surface area contributed by atoms with Crippen molar-refractivity contribution in [3.05, 3.63) is 23.3 Å². The van der Waals surface area contributed by atoms with Crippen molar-refractivity contribution in [1.82, 2.24) is 0 Å². The van der Waals surface area contributed by atoms with Crippen LogP contribution in [0.3, 0.4) is 0 Å². The van der Waals surface area contributed by atoms with Gasteiger partial charge in [0.15, 0.2) is 11.5 Å². The van der Waals surface area contributed by atoms with Crippen molar-refractivity contribution < 1.29 is 47.2 Å². The largest absolute Gasteiger partial charge is 0.542 e. The van der Waals surface area contributed by atoms with Gasteiger partial charge in [0.1, 0.15) is 23.7 Å². The van der Waals surface area contributed by atoms with E-state index in [1.54, 1.807) is 13.2 Å². The predicted octanol–water partition coefficient (Wildman–Crippen LogP) is 1.41. The summed E-state index contributed by atoms with van der Waals surface area (Å²) in [7, 11) is 4.11. The van der Waals surface area contributed by atoms with Gasteiger partial charge in [-0.05, 0) is 37.3 Å². The summed E-state index contributed by atoms with van der Waals surface area (Å²) < 4.78 is 44.7. The molecule has 2 heterocycles. The summed E-state index contributed by atoms with van der Waals surface area (Å²) in [6.45, 7) is 2.25. The number of phenolic OH excluding ortho intramolecular Hbond substituents is 1. The topological polar surface area (TPSA) is 99.1 Å². The molecule has 3 aliphatic carbocycles. The number of methoxy groups -OCH3 is 1. The number of likely N-dealkylation sites (N-methyl/N-ethyl adjacent to an activating group) is 1. The number of halogens is 3. The van der Waals surface area contributed by atoms with E-state index in [-0.39, 0.29) is 24.0 Å². The molecule has 2 N–H and O–H groups in total. The second kappa shape index (κ2) is 7.48. The molecule has 2 bridgehead atoms. The number of quaternary nitrogens is 1. The molecule has 1 saturated heterocycles. The quantitative estimate of drug-likeness (QED) is 0.629. The van der Waals surface area contributed by atoms with Crippen molar-refractivity contribution in [3.8, 4) is 11.5 Å². The minimum Gasteiger partial charge on any atom is -0.542 e. The Morgan fingerprint density at radius 1 is 1.29 bits per heavy atom. The van der Waals surface area contributed by atoms with E-state index in [1.165, 1.54) is 24.9 Å². The SMILES string of the molecule is CO[C@@H]1CC[C@@]2(O)[C@H]3Cc4ccc(O)c5c4[C@]2(CC[N+]3(C)CC2CC2)[C@H]1O5.O=C([O-])C(F)(F)F. The number of benzene rings is 1. The zero-order valence-electron chi connectivity index (χ0n) is 19.2. The number of carbonyl (C=O) groups is 1. The molecule has 10 heteroatoms. The van der Waals surface area contributed by atoms with Crippen molar-refractivity contribution >= 4 is 5.97 Å². The number of hydrogen-bond acceptors (Lipinski definition) is 6. The van der Waals surface area contributed by atoms with Crippen molar-refractivity contribution in [2.75, 3.05) is 27.2 Å². The maximum absolute atomic E-state index is 12.4. The number of carboxylic acid groups (broad SMARTS) is 1. The molecule has 1 unspecified atom stereocenters. The molecule has 2 saturated carbocycles. The Kier molecular flexibility index (Phi) is 5.21. The normalized spacial score (nSPS) is 39.4. The highest BCUT2D eigenvalue weighted by Crippen LogP contribution is 2.66. The summed E-state index contributed by atoms with van der Waals surface area (Å²) in [6.07, 6.45) is 0.582. The fourth-order valence-corrected chi connectivity index (χ4v) is 7.35. The Balaban J connectivity index is 0.000000304. The number of alkyl halides is 3. The highest BCUT2D eigenvalue weighted by molar-refractivity contribution is 5.70.